The summed E-state index contributed by atoms with van der Waals surface area (Å²) in [6.45, 7) is 2.24. The van der Waals surface area contributed by atoms with Crippen molar-refractivity contribution in [3.8, 4) is 0 Å². The van der Waals surface area contributed by atoms with E-state index in [-0.39, 0.29) is 18.6 Å². The summed E-state index contributed by atoms with van der Waals surface area (Å²) in [6.07, 6.45) is 8.79. The Morgan fingerprint density at radius 3 is 2.29 bits per heavy atom. The van der Waals surface area contributed by atoms with Gasteiger partial charge in [-0.15, -0.1) is 11.3 Å². The number of hydrogen-bond acceptors (Lipinski definition) is 3. The molecule has 0 saturated heterocycles. The molecule has 1 aromatic heterocycles. The molecule has 28 heavy (non-hydrogen) atoms. The molecule has 0 amide bonds. The van der Waals surface area contributed by atoms with Crippen LogP contribution in [-0.4, -0.2) is 16.9 Å². The molecule has 0 atom stereocenters. The number of aryl methyl sites for hydroxylation is 1. The van der Waals surface area contributed by atoms with Crippen LogP contribution in [0.5, 0.6) is 0 Å². The van der Waals surface area contributed by atoms with Crippen molar-refractivity contribution in [1.82, 2.24) is 0 Å². The minimum Gasteiger partial charge on any atom is -0.481 e. The molecule has 0 fully saturated rings. The van der Waals surface area contributed by atoms with Crippen LogP contribution in [0.3, 0.4) is 0 Å². The van der Waals surface area contributed by atoms with Crippen LogP contribution >= 0.6 is 11.3 Å². The number of carboxylic acids is 1. The van der Waals surface area contributed by atoms with Crippen LogP contribution in [0.4, 0.5) is 0 Å². The summed E-state index contributed by atoms with van der Waals surface area (Å²) in [5, 5.41) is 11.1. The van der Waals surface area contributed by atoms with E-state index in [9.17, 15) is 9.59 Å². The Bertz CT molecular complexity index is 971. The number of rotatable bonds is 11. The van der Waals surface area contributed by atoms with Gasteiger partial charge in [-0.3, -0.25) is 9.59 Å². The smallest absolute Gasteiger partial charge is 0.303 e. The third-order valence-corrected chi connectivity index (χ3v) is 6.39. The molecule has 0 spiro atoms. The second-order valence-corrected chi connectivity index (χ2v) is 8.56. The fraction of sp³-hybridized carbons (Fsp3) is 0.417. The van der Waals surface area contributed by atoms with Crippen LogP contribution < -0.4 is 0 Å². The maximum atomic E-state index is 12.3. The van der Waals surface area contributed by atoms with E-state index in [1.54, 1.807) is 11.3 Å². The first-order valence-electron chi connectivity index (χ1n) is 10.3. The molecule has 3 nitrogen and oxygen atoms in total. The quantitative estimate of drug-likeness (QED) is 0.280. The molecule has 2 aromatic carbocycles. The maximum Gasteiger partial charge on any atom is 0.303 e. The lowest BCUT2D eigenvalue weighted by Crippen LogP contribution is -2.03. The molecule has 0 aliphatic heterocycles. The monoisotopic (exact) mass is 396 g/mol. The molecule has 4 heteroatoms. The Labute approximate surface area is 170 Å². The van der Waals surface area contributed by atoms with Gasteiger partial charge in [0.25, 0.3) is 0 Å². The van der Waals surface area contributed by atoms with Gasteiger partial charge in [-0.1, -0.05) is 45.1 Å². The topological polar surface area (TPSA) is 54.4 Å². The number of carboxylic acid groups (broad SMARTS) is 1. The largest absolute Gasteiger partial charge is 0.481 e. The average molecular weight is 397 g/mol. The number of unbranched alkanes of at least 4 members (excludes halogenated alkanes) is 5. The van der Waals surface area contributed by atoms with Gasteiger partial charge in [0.05, 0.1) is 6.42 Å². The molecule has 0 saturated carbocycles. The zero-order valence-electron chi connectivity index (χ0n) is 16.5. The van der Waals surface area contributed by atoms with E-state index in [1.807, 2.05) is 18.2 Å². The molecular formula is C24H28O3S. The van der Waals surface area contributed by atoms with Crippen LogP contribution in [0.2, 0.25) is 0 Å². The molecule has 3 rings (SSSR count). The summed E-state index contributed by atoms with van der Waals surface area (Å²) in [6, 6.07) is 12.4. The fourth-order valence-corrected chi connectivity index (χ4v) is 4.69. The summed E-state index contributed by atoms with van der Waals surface area (Å²) in [4.78, 5) is 23.0. The highest BCUT2D eigenvalue weighted by atomic mass is 32.1. The summed E-state index contributed by atoms with van der Waals surface area (Å²) < 4.78 is 2.40. The average Bonchev–Trinajstić information content (AvgIpc) is 3.06. The Morgan fingerprint density at radius 1 is 0.857 bits per heavy atom. The molecule has 0 aliphatic rings. The van der Waals surface area contributed by atoms with Crippen molar-refractivity contribution in [2.45, 2.75) is 64.7 Å². The second kappa shape index (κ2) is 9.83. The SMILES string of the molecule is CCCCCCCCc1ccc2sc3ccc(C(=O)CCC(=O)O)cc3c2c1. The lowest BCUT2D eigenvalue weighted by Gasteiger charge is -2.03. The molecule has 1 heterocycles. The number of carbonyl (C=O) groups is 2. The van der Waals surface area contributed by atoms with Crippen LogP contribution in [0.15, 0.2) is 36.4 Å². The predicted molar refractivity (Wildman–Crippen MR) is 118 cm³/mol. The summed E-state index contributed by atoms with van der Waals surface area (Å²) in [7, 11) is 0. The third kappa shape index (κ3) is 5.20. The van der Waals surface area contributed by atoms with Gasteiger partial charge < -0.3 is 5.11 Å². The van der Waals surface area contributed by atoms with Gasteiger partial charge >= 0.3 is 5.97 Å². The Morgan fingerprint density at radius 2 is 1.54 bits per heavy atom. The summed E-state index contributed by atoms with van der Waals surface area (Å²) in [5.74, 6) is -1.04. The number of carbonyl (C=O) groups excluding carboxylic acids is 1. The van der Waals surface area contributed by atoms with Gasteiger partial charge in [0.1, 0.15) is 0 Å². The van der Waals surface area contributed by atoms with Gasteiger partial charge in [0.15, 0.2) is 5.78 Å². The highest BCUT2D eigenvalue weighted by Gasteiger charge is 2.12. The van der Waals surface area contributed by atoms with Crippen molar-refractivity contribution in [3.63, 3.8) is 0 Å². The van der Waals surface area contributed by atoms with Crippen molar-refractivity contribution in [3.05, 3.63) is 47.5 Å². The number of thiophene rings is 1. The molecule has 1 N–H and O–H groups in total. The molecule has 3 aromatic rings. The second-order valence-electron chi connectivity index (χ2n) is 7.48. The van der Waals surface area contributed by atoms with Gasteiger partial charge in [0, 0.05) is 32.2 Å². The van der Waals surface area contributed by atoms with E-state index < -0.39 is 5.97 Å². The first-order chi connectivity index (χ1) is 13.6. The lowest BCUT2D eigenvalue weighted by molar-refractivity contribution is -0.136. The Kier molecular flexibility index (Phi) is 7.21. The minimum absolute atomic E-state index is 0.0478. The minimum atomic E-state index is -0.935. The lowest BCUT2D eigenvalue weighted by atomic mass is 10.0. The van der Waals surface area contributed by atoms with E-state index in [0.717, 1.165) is 11.8 Å². The standard InChI is InChI=1S/C24H28O3S/c1-2-3-4-5-6-7-8-17-9-12-22-19(15-17)20-16-18(10-13-23(20)28-22)21(25)11-14-24(26)27/h9-10,12-13,15-16H,2-8,11,14H2,1H3,(H,26,27). The molecule has 0 aliphatic carbocycles. The molecule has 0 radical (unpaired) electrons. The van der Waals surface area contributed by atoms with E-state index in [0.29, 0.717) is 5.56 Å². The van der Waals surface area contributed by atoms with Gasteiger partial charge in [-0.2, -0.15) is 0 Å². The number of hydrogen-bond donors (Lipinski definition) is 1. The van der Waals surface area contributed by atoms with Gasteiger partial charge in [-0.25, -0.2) is 0 Å². The van der Waals surface area contributed by atoms with Gasteiger partial charge in [-0.05, 0) is 48.7 Å². The number of ketones is 1. The first-order valence-corrected chi connectivity index (χ1v) is 11.1. The molecular weight excluding hydrogens is 368 g/mol. The Balaban J connectivity index is 1.75. The van der Waals surface area contributed by atoms with Crippen LogP contribution in [0.25, 0.3) is 20.2 Å². The summed E-state index contributed by atoms with van der Waals surface area (Å²) in [5.41, 5.74) is 1.96. The van der Waals surface area contributed by atoms with E-state index in [4.69, 9.17) is 5.11 Å². The van der Waals surface area contributed by atoms with Gasteiger partial charge in [0.2, 0.25) is 0 Å². The third-order valence-electron chi connectivity index (χ3n) is 5.24. The fourth-order valence-electron chi connectivity index (χ4n) is 3.63. The van der Waals surface area contributed by atoms with Crippen LogP contribution in [0, 0.1) is 0 Å². The zero-order valence-corrected chi connectivity index (χ0v) is 17.3. The highest BCUT2D eigenvalue weighted by molar-refractivity contribution is 7.25. The van der Waals surface area contributed by atoms with Crippen molar-refractivity contribution in [1.29, 1.82) is 0 Å². The maximum absolute atomic E-state index is 12.3. The van der Waals surface area contributed by atoms with Crippen molar-refractivity contribution in [2.24, 2.45) is 0 Å². The molecule has 148 valence electrons. The van der Waals surface area contributed by atoms with Crippen molar-refractivity contribution >= 4 is 43.3 Å². The van der Waals surface area contributed by atoms with E-state index >= 15 is 0 Å². The number of aliphatic carboxylic acids is 1. The van der Waals surface area contributed by atoms with Crippen LogP contribution in [-0.2, 0) is 11.2 Å². The molecule has 0 unspecified atom stereocenters. The highest BCUT2D eigenvalue weighted by Crippen LogP contribution is 2.35. The Hall–Kier alpha value is -2.20. The first kappa shape index (κ1) is 20.5. The summed E-state index contributed by atoms with van der Waals surface area (Å²) >= 11 is 1.74. The number of Topliss-reactive ketones (excluding diaryl/α,β-unsaturated/α-hetero) is 1. The van der Waals surface area contributed by atoms with Crippen LogP contribution in [0.1, 0.15) is 74.2 Å². The van der Waals surface area contributed by atoms with Crippen molar-refractivity contribution in [2.75, 3.05) is 0 Å². The van der Waals surface area contributed by atoms with E-state index in [2.05, 4.69) is 25.1 Å². The zero-order chi connectivity index (χ0) is 19.9. The van der Waals surface area contributed by atoms with Crippen molar-refractivity contribution < 1.29 is 14.7 Å². The number of fused-ring (bicyclic) bond motifs is 3. The number of benzene rings is 2. The normalized spacial score (nSPS) is 11.3. The van der Waals surface area contributed by atoms with E-state index in [1.165, 1.54) is 58.9 Å². The molecule has 0 bridgehead atoms. The predicted octanol–water partition coefficient (Wildman–Crippen LogP) is 7.01.